The summed E-state index contributed by atoms with van der Waals surface area (Å²) in [5, 5.41) is 0. The number of alkyl halides is 2. The molecule has 1 aliphatic carbocycles. The molecule has 2 rings (SSSR count). The second kappa shape index (κ2) is 6.91. The van der Waals surface area contributed by atoms with Gasteiger partial charge in [-0.2, -0.15) is 0 Å². The van der Waals surface area contributed by atoms with Gasteiger partial charge in [0.05, 0.1) is 6.67 Å². The van der Waals surface area contributed by atoms with Crippen molar-refractivity contribution in [1.82, 2.24) is 0 Å². The van der Waals surface area contributed by atoms with E-state index >= 15 is 0 Å². The van der Waals surface area contributed by atoms with Crippen molar-refractivity contribution in [2.45, 2.75) is 25.7 Å². The van der Waals surface area contributed by atoms with Crippen LogP contribution in [0.4, 0.5) is 4.39 Å². The summed E-state index contributed by atoms with van der Waals surface area (Å²) in [7, 11) is 0. The lowest BCUT2D eigenvalue weighted by Crippen LogP contribution is -2.20. The maximum absolute atomic E-state index is 12.8. The molecule has 0 nitrogen and oxygen atoms in total. The Morgan fingerprint density at radius 3 is 2.53 bits per heavy atom. The number of rotatable bonds is 6. The quantitative estimate of drug-likeness (QED) is 0.612. The predicted octanol–water partition coefficient (Wildman–Crippen LogP) is 5.39. The minimum absolute atomic E-state index is 0.0259. The summed E-state index contributed by atoms with van der Waals surface area (Å²) in [4.78, 5) is 0. The Labute approximate surface area is 120 Å². The van der Waals surface area contributed by atoms with E-state index in [-0.39, 0.29) is 12.1 Å². The molecule has 0 spiro atoms. The Bertz CT molecular complexity index is 450. The van der Waals surface area contributed by atoms with Gasteiger partial charge in [-0.25, -0.2) is 0 Å². The average molecular weight is 279 g/mol. The SMILES string of the molecule is FCCC1(CCCCl)C=CC(c2ccccc2)=CC1. The van der Waals surface area contributed by atoms with Crippen molar-refractivity contribution in [3.05, 3.63) is 54.1 Å². The Morgan fingerprint density at radius 1 is 1.16 bits per heavy atom. The minimum Gasteiger partial charge on any atom is -0.251 e. The smallest absolute Gasteiger partial charge is 0.0902 e. The van der Waals surface area contributed by atoms with Gasteiger partial charge in [-0.05, 0) is 42.2 Å². The van der Waals surface area contributed by atoms with Gasteiger partial charge in [-0.3, -0.25) is 4.39 Å². The van der Waals surface area contributed by atoms with Crippen LogP contribution in [0.5, 0.6) is 0 Å². The van der Waals surface area contributed by atoms with E-state index in [1.165, 1.54) is 11.1 Å². The largest absolute Gasteiger partial charge is 0.251 e. The summed E-state index contributed by atoms with van der Waals surface area (Å²) in [6, 6.07) is 10.3. The molecule has 0 saturated heterocycles. The van der Waals surface area contributed by atoms with Gasteiger partial charge in [-0.15, -0.1) is 11.6 Å². The molecule has 19 heavy (non-hydrogen) atoms. The van der Waals surface area contributed by atoms with Crippen LogP contribution in [0.1, 0.15) is 31.2 Å². The van der Waals surface area contributed by atoms with E-state index in [9.17, 15) is 4.39 Å². The second-order valence-corrected chi connectivity index (χ2v) is 5.53. The third-order valence-corrected chi connectivity index (χ3v) is 4.12. The highest BCUT2D eigenvalue weighted by molar-refractivity contribution is 6.17. The molecule has 0 radical (unpaired) electrons. The molecule has 0 fully saturated rings. The molecule has 1 aromatic carbocycles. The summed E-state index contributed by atoms with van der Waals surface area (Å²) < 4.78 is 12.8. The van der Waals surface area contributed by atoms with Gasteiger partial charge >= 0.3 is 0 Å². The lowest BCUT2D eigenvalue weighted by atomic mass is 9.74. The van der Waals surface area contributed by atoms with E-state index in [0.29, 0.717) is 12.3 Å². The highest BCUT2D eigenvalue weighted by atomic mass is 35.5. The number of halogens is 2. The molecular weight excluding hydrogens is 259 g/mol. The van der Waals surface area contributed by atoms with Crippen molar-refractivity contribution in [3.63, 3.8) is 0 Å². The van der Waals surface area contributed by atoms with E-state index < -0.39 is 0 Å². The van der Waals surface area contributed by atoms with Crippen LogP contribution in [0.25, 0.3) is 5.57 Å². The standard InChI is InChI=1S/C17H20ClF/c18-13-4-9-17(12-14-19)10-7-16(8-11-17)15-5-2-1-3-6-15/h1-3,5-8,10H,4,9,11-14H2. The molecule has 0 aromatic heterocycles. The first-order chi connectivity index (χ1) is 9.29. The van der Waals surface area contributed by atoms with Crippen LogP contribution in [-0.4, -0.2) is 12.6 Å². The fourth-order valence-corrected chi connectivity index (χ4v) is 2.80. The van der Waals surface area contributed by atoms with Crippen LogP contribution in [0, 0.1) is 5.41 Å². The lowest BCUT2D eigenvalue weighted by Gasteiger charge is -2.31. The van der Waals surface area contributed by atoms with Crippen LogP contribution in [0.2, 0.25) is 0 Å². The molecule has 102 valence electrons. The van der Waals surface area contributed by atoms with Gasteiger partial charge in [0, 0.05) is 5.88 Å². The zero-order chi connectivity index (χ0) is 13.6. The molecule has 0 amide bonds. The molecule has 0 saturated carbocycles. The number of benzene rings is 1. The first-order valence-electron chi connectivity index (χ1n) is 6.86. The van der Waals surface area contributed by atoms with Crippen molar-refractivity contribution >= 4 is 17.2 Å². The molecule has 0 bridgehead atoms. The van der Waals surface area contributed by atoms with Crippen LogP contribution < -0.4 is 0 Å². The fraction of sp³-hybridized carbons (Fsp3) is 0.412. The fourth-order valence-electron chi connectivity index (χ4n) is 2.66. The summed E-state index contributed by atoms with van der Waals surface area (Å²) in [5.41, 5.74) is 2.44. The maximum atomic E-state index is 12.8. The monoisotopic (exact) mass is 278 g/mol. The second-order valence-electron chi connectivity index (χ2n) is 5.16. The summed E-state index contributed by atoms with van der Waals surface area (Å²) in [6.07, 6.45) is 9.99. The molecule has 1 aromatic rings. The van der Waals surface area contributed by atoms with Gasteiger partial charge in [0.2, 0.25) is 0 Å². The molecule has 2 heteroatoms. The van der Waals surface area contributed by atoms with E-state index in [1.54, 1.807) is 0 Å². The lowest BCUT2D eigenvalue weighted by molar-refractivity contribution is 0.280. The number of allylic oxidation sites excluding steroid dienone is 4. The first kappa shape index (κ1) is 14.3. The van der Waals surface area contributed by atoms with Gasteiger partial charge in [0.1, 0.15) is 0 Å². The van der Waals surface area contributed by atoms with Crippen molar-refractivity contribution < 1.29 is 4.39 Å². The molecule has 0 aliphatic heterocycles. The van der Waals surface area contributed by atoms with Crippen molar-refractivity contribution in [2.24, 2.45) is 5.41 Å². The normalized spacial score (nSPS) is 22.3. The molecule has 1 aliphatic rings. The third-order valence-electron chi connectivity index (χ3n) is 3.85. The van der Waals surface area contributed by atoms with Crippen LogP contribution in [0.15, 0.2) is 48.6 Å². The Hall–Kier alpha value is -1.08. The summed E-state index contributed by atoms with van der Waals surface area (Å²) in [6.45, 7) is -0.263. The topological polar surface area (TPSA) is 0 Å². The Balaban J connectivity index is 2.10. The number of hydrogen-bond acceptors (Lipinski definition) is 0. The van der Waals surface area contributed by atoms with E-state index in [0.717, 1.165) is 19.3 Å². The summed E-state index contributed by atoms with van der Waals surface area (Å²) >= 11 is 5.77. The molecular formula is C17H20ClF. The van der Waals surface area contributed by atoms with Crippen LogP contribution >= 0.6 is 11.6 Å². The van der Waals surface area contributed by atoms with E-state index in [4.69, 9.17) is 11.6 Å². The zero-order valence-corrected chi connectivity index (χ0v) is 11.9. The highest BCUT2D eigenvalue weighted by Gasteiger charge is 2.27. The highest BCUT2D eigenvalue weighted by Crippen LogP contribution is 2.40. The van der Waals surface area contributed by atoms with Gasteiger partial charge in [0.25, 0.3) is 0 Å². The molecule has 0 N–H and O–H groups in total. The Kier molecular flexibility index (Phi) is 5.21. The molecule has 1 unspecified atom stereocenters. The maximum Gasteiger partial charge on any atom is 0.0902 e. The minimum atomic E-state index is -0.263. The third kappa shape index (κ3) is 3.70. The Morgan fingerprint density at radius 2 is 1.95 bits per heavy atom. The van der Waals surface area contributed by atoms with E-state index in [2.05, 4.69) is 30.4 Å². The first-order valence-corrected chi connectivity index (χ1v) is 7.40. The van der Waals surface area contributed by atoms with Crippen LogP contribution in [-0.2, 0) is 0 Å². The van der Waals surface area contributed by atoms with Crippen molar-refractivity contribution in [3.8, 4) is 0 Å². The van der Waals surface area contributed by atoms with Gasteiger partial charge in [0.15, 0.2) is 0 Å². The predicted molar refractivity (Wildman–Crippen MR) is 81.2 cm³/mol. The summed E-state index contributed by atoms with van der Waals surface area (Å²) in [5.74, 6) is 0.650. The average Bonchev–Trinajstić information content (AvgIpc) is 2.47. The molecule has 0 heterocycles. The number of hydrogen-bond donors (Lipinski definition) is 0. The molecule has 1 atom stereocenters. The van der Waals surface area contributed by atoms with Crippen molar-refractivity contribution in [2.75, 3.05) is 12.6 Å². The van der Waals surface area contributed by atoms with E-state index in [1.807, 2.05) is 18.2 Å². The van der Waals surface area contributed by atoms with Crippen LogP contribution in [0.3, 0.4) is 0 Å². The zero-order valence-electron chi connectivity index (χ0n) is 11.1. The van der Waals surface area contributed by atoms with Gasteiger partial charge < -0.3 is 0 Å². The van der Waals surface area contributed by atoms with Crippen molar-refractivity contribution in [1.29, 1.82) is 0 Å². The van der Waals surface area contributed by atoms with Gasteiger partial charge in [-0.1, -0.05) is 48.6 Å².